The van der Waals surface area contributed by atoms with E-state index in [2.05, 4.69) is 15.3 Å². The number of aromatic nitrogens is 3. The van der Waals surface area contributed by atoms with Crippen LogP contribution in [0, 0.1) is 12.7 Å². The Morgan fingerprint density at radius 3 is 2.78 bits per heavy atom. The molecule has 0 spiro atoms. The lowest BCUT2D eigenvalue weighted by atomic mass is 9.95. The van der Waals surface area contributed by atoms with Crippen molar-refractivity contribution in [2.75, 3.05) is 18.5 Å². The van der Waals surface area contributed by atoms with Crippen LogP contribution in [-0.2, 0) is 19.5 Å². The number of ether oxygens (including phenoxy) is 1. The monoisotopic (exact) mass is 511 g/mol. The van der Waals surface area contributed by atoms with Gasteiger partial charge in [0.2, 0.25) is 5.95 Å². The number of aryl methyl sites for hydroxylation is 1. The highest BCUT2D eigenvalue weighted by atomic mass is 19.4. The summed E-state index contributed by atoms with van der Waals surface area (Å²) >= 11 is 0. The molecule has 0 atom stereocenters. The molecule has 2 aliphatic heterocycles. The Bertz CT molecular complexity index is 1560. The first-order valence-electron chi connectivity index (χ1n) is 11.7. The van der Waals surface area contributed by atoms with Crippen LogP contribution in [0.15, 0.2) is 42.9 Å². The molecule has 0 aliphatic carbocycles. The third-order valence-corrected chi connectivity index (χ3v) is 6.70. The predicted octanol–water partition coefficient (Wildman–Crippen LogP) is 4.91. The van der Waals surface area contributed by atoms with Gasteiger partial charge in [0, 0.05) is 42.4 Å². The van der Waals surface area contributed by atoms with Gasteiger partial charge in [-0.05, 0) is 30.2 Å². The molecule has 190 valence electrons. The molecule has 4 heterocycles. The van der Waals surface area contributed by atoms with Crippen molar-refractivity contribution in [1.29, 1.82) is 0 Å². The molecule has 11 heteroatoms. The van der Waals surface area contributed by atoms with Crippen molar-refractivity contribution in [3.63, 3.8) is 0 Å². The molecule has 2 aromatic carbocycles. The molecule has 0 saturated heterocycles. The Morgan fingerprint density at radius 2 is 1.97 bits per heavy atom. The van der Waals surface area contributed by atoms with E-state index in [-0.39, 0.29) is 30.5 Å². The minimum atomic E-state index is -4.57. The van der Waals surface area contributed by atoms with E-state index < -0.39 is 18.6 Å². The number of rotatable bonds is 4. The molecule has 0 unspecified atom stereocenters. The number of fused-ring (bicyclic) bond motifs is 3. The number of hydrogen-bond acceptors (Lipinski definition) is 5. The molecular formula is C26H21F4N5O2. The molecule has 0 fully saturated rings. The maximum atomic E-state index is 14.6. The second-order valence-electron chi connectivity index (χ2n) is 9.20. The maximum absolute atomic E-state index is 14.6. The highest BCUT2D eigenvalue weighted by Gasteiger charge is 2.36. The van der Waals surface area contributed by atoms with Gasteiger partial charge in [-0.3, -0.25) is 9.20 Å². The third kappa shape index (κ3) is 4.04. The molecule has 0 bridgehead atoms. The first-order valence-corrected chi connectivity index (χ1v) is 11.7. The van der Waals surface area contributed by atoms with Crippen molar-refractivity contribution in [3.8, 4) is 16.9 Å². The minimum absolute atomic E-state index is 0.0945. The fraction of sp³-hybridized carbons (Fsp3) is 0.269. The minimum Gasteiger partial charge on any atom is -0.493 e. The van der Waals surface area contributed by atoms with Gasteiger partial charge in [-0.1, -0.05) is 23.8 Å². The Hall–Kier alpha value is -4.15. The van der Waals surface area contributed by atoms with Crippen LogP contribution in [0.3, 0.4) is 0 Å². The van der Waals surface area contributed by atoms with Gasteiger partial charge in [-0.15, -0.1) is 0 Å². The number of nitrogens with one attached hydrogen (secondary N) is 1. The zero-order valence-corrected chi connectivity index (χ0v) is 19.7. The molecule has 0 saturated carbocycles. The van der Waals surface area contributed by atoms with E-state index in [0.29, 0.717) is 46.5 Å². The van der Waals surface area contributed by atoms with E-state index in [9.17, 15) is 22.4 Å². The number of alkyl halides is 3. The zero-order chi connectivity index (χ0) is 25.9. The number of imidazole rings is 1. The van der Waals surface area contributed by atoms with Crippen LogP contribution in [0.4, 0.5) is 23.5 Å². The normalized spacial score (nSPS) is 14.7. The van der Waals surface area contributed by atoms with Gasteiger partial charge in [0.1, 0.15) is 24.4 Å². The summed E-state index contributed by atoms with van der Waals surface area (Å²) in [7, 11) is 0. The largest absolute Gasteiger partial charge is 0.493 e. The lowest BCUT2D eigenvalue weighted by Crippen LogP contribution is -2.39. The van der Waals surface area contributed by atoms with Crippen molar-refractivity contribution in [2.45, 2.75) is 32.6 Å². The van der Waals surface area contributed by atoms with E-state index in [1.807, 2.05) is 19.1 Å². The van der Waals surface area contributed by atoms with Crippen molar-refractivity contribution in [1.82, 2.24) is 19.3 Å². The number of nitrogens with zero attached hydrogens (tertiary/aromatic N) is 4. The van der Waals surface area contributed by atoms with Crippen LogP contribution in [0.25, 0.3) is 16.6 Å². The van der Waals surface area contributed by atoms with Crippen molar-refractivity contribution in [3.05, 3.63) is 76.6 Å². The first-order chi connectivity index (χ1) is 17.7. The quantitative estimate of drug-likeness (QED) is 0.395. The molecule has 6 rings (SSSR count). The summed E-state index contributed by atoms with van der Waals surface area (Å²) in [6.07, 6.45) is -1.07. The van der Waals surface area contributed by atoms with Crippen LogP contribution in [0.2, 0.25) is 0 Å². The lowest BCUT2D eigenvalue weighted by Gasteiger charge is -2.27. The van der Waals surface area contributed by atoms with Crippen LogP contribution < -0.4 is 10.1 Å². The SMILES string of the molecule is Cc1ccc2c(c1)CN(CC(F)(F)F)C(=O)c1ncn3c(NCc4c(F)ccc5c4CCO5)ncc-2c13. The van der Waals surface area contributed by atoms with Gasteiger partial charge in [0.25, 0.3) is 5.91 Å². The molecule has 1 amide bonds. The maximum Gasteiger partial charge on any atom is 0.406 e. The Morgan fingerprint density at radius 1 is 1.14 bits per heavy atom. The average Bonchev–Trinajstić information content (AvgIpc) is 3.49. The first kappa shape index (κ1) is 23.3. The lowest BCUT2D eigenvalue weighted by molar-refractivity contribution is -0.141. The van der Waals surface area contributed by atoms with E-state index >= 15 is 0 Å². The summed E-state index contributed by atoms with van der Waals surface area (Å²) in [4.78, 5) is 22.8. The Balaban J connectivity index is 1.46. The fourth-order valence-electron chi connectivity index (χ4n) is 5.06. The van der Waals surface area contributed by atoms with E-state index in [1.54, 1.807) is 18.3 Å². The number of amides is 1. The molecule has 1 N–H and O–H groups in total. The Kier molecular flexibility index (Phi) is 5.32. The third-order valence-electron chi connectivity index (χ3n) is 6.70. The Labute approximate surface area is 208 Å². The van der Waals surface area contributed by atoms with Crippen LogP contribution in [0.1, 0.15) is 32.7 Å². The summed E-state index contributed by atoms with van der Waals surface area (Å²) in [6.45, 7) is 0.795. The number of carbonyl (C=O) groups is 1. The van der Waals surface area contributed by atoms with Gasteiger partial charge in [0.15, 0.2) is 5.69 Å². The van der Waals surface area contributed by atoms with Crippen molar-refractivity contribution in [2.24, 2.45) is 0 Å². The van der Waals surface area contributed by atoms with Gasteiger partial charge >= 0.3 is 6.18 Å². The summed E-state index contributed by atoms with van der Waals surface area (Å²) in [5, 5.41) is 3.11. The number of hydrogen-bond donors (Lipinski definition) is 1. The summed E-state index contributed by atoms with van der Waals surface area (Å²) < 4.78 is 61.9. The van der Waals surface area contributed by atoms with Crippen LogP contribution >= 0.6 is 0 Å². The highest BCUT2D eigenvalue weighted by Crippen LogP contribution is 2.36. The number of benzene rings is 2. The van der Waals surface area contributed by atoms with E-state index in [4.69, 9.17) is 4.74 Å². The zero-order valence-electron chi connectivity index (χ0n) is 19.7. The summed E-state index contributed by atoms with van der Waals surface area (Å²) in [5.41, 5.74) is 4.14. The summed E-state index contributed by atoms with van der Waals surface area (Å²) in [6, 6.07) is 8.40. The predicted molar refractivity (Wildman–Crippen MR) is 127 cm³/mol. The number of anilines is 1. The fourth-order valence-corrected chi connectivity index (χ4v) is 5.06. The van der Waals surface area contributed by atoms with Crippen LogP contribution in [-0.4, -0.2) is 44.5 Å². The molecular weight excluding hydrogens is 490 g/mol. The standard InChI is InChI=1S/C26H21F4N5O2/c1-14-2-3-16-15(8-14)11-34(12-26(28,29)30)24(36)22-23-19(16)10-32-25(35(23)13-33-22)31-9-18-17-6-7-37-21(17)5-4-20(18)27/h2-5,8,10,13H,6-7,9,11-12H2,1H3,(H,31,32). The van der Waals surface area contributed by atoms with Gasteiger partial charge in [-0.25, -0.2) is 14.4 Å². The number of halogens is 4. The molecule has 2 aliphatic rings. The van der Waals surface area contributed by atoms with Crippen LogP contribution in [0.5, 0.6) is 5.75 Å². The van der Waals surface area contributed by atoms with Gasteiger partial charge < -0.3 is 15.0 Å². The molecule has 37 heavy (non-hydrogen) atoms. The molecule has 2 aromatic heterocycles. The second kappa shape index (κ2) is 8.46. The smallest absolute Gasteiger partial charge is 0.406 e. The highest BCUT2D eigenvalue weighted by molar-refractivity contribution is 6.04. The number of carbonyl (C=O) groups excluding carboxylic acids is 1. The molecule has 4 aromatic rings. The second-order valence-corrected chi connectivity index (χ2v) is 9.20. The average molecular weight is 511 g/mol. The molecule has 0 radical (unpaired) electrons. The van der Waals surface area contributed by atoms with Gasteiger partial charge in [0.05, 0.1) is 12.1 Å². The van der Waals surface area contributed by atoms with Gasteiger partial charge in [-0.2, -0.15) is 13.2 Å². The van der Waals surface area contributed by atoms with E-state index in [0.717, 1.165) is 16.0 Å². The van der Waals surface area contributed by atoms with Crippen molar-refractivity contribution >= 4 is 17.4 Å². The molecule has 7 nitrogen and oxygen atoms in total. The topological polar surface area (TPSA) is 71.8 Å². The van der Waals surface area contributed by atoms with E-state index in [1.165, 1.54) is 16.8 Å². The van der Waals surface area contributed by atoms with Crippen molar-refractivity contribution < 1.29 is 27.1 Å². The summed E-state index contributed by atoms with van der Waals surface area (Å²) in [5.74, 6) is -0.291.